The van der Waals surface area contributed by atoms with Crippen LogP contribution in [0.3, 0.4) is 0 Å². The predicted molar refractivity (Wildman–Crippen MR) is 113 cm³/mol. The molecule has 0 spiro atoms. The van der Waals surface area contributed by atoms with Gasteiger partial charge in [0.05, 0.1) is 12.7 Å². The Bertz CT molecular complexity index is 1010. The maximum Gasteiger partial charge on any atom is 0.204 e. The van der Waals surface area contributed by atoms with Crippen molar-refractivity contribution in [3.8, 4) is 11.5 Å². The van der Waals surface area contributed by atoms with Gasteiger partial charge in [-0.2, -0.15) is 8.78 Å². The second kappa shape index (κ2) is 11.5. The van der Waals surface area contributed by atoms with Crippen molar-refractivity contribution < 1.29 is 31.9 Å². The molecule has 0 bridgehead atoms. The summed E-state index contributed by atoms with van der Waals surface area (Å²) >= 11 is 0. The number of benzene rings is 3. The minimum Gasteiger partial charge on any atom is -0.497 e. The van der Waals surface area contributed by atoms with E-state index in [2.05, 4.69) is 4.84 Å². The summed E-state index contributed by atoms with van der Waals surface area (Å²) in [5, 5.41) is 0. The van der Waals surface area contributed by atoms with Crippen molar-refractivity contribution in [2.45, 2.75) is 33.5 Å². The number of rotatable bonds is 6. The van der Waals surface area contributed by atoms with Gasteiger partial charge in [0, 0.05) is 0 Å². The molecule has 0 aliphatic carbocycles. The highest BCUT2D eigenvalue weighted by Crippen LogP contribution is 2.34. The molecule has 1 unspecified atom stereocenters. The lowest BCUT2D eigenvalue weighted by molar-refractivity contribution is 0.0595. The predicted octanol–water partition coefficient (Wildman–Crippen LogP) is 6.09. The molecule has 0 saturated carbocycles. The quantitative estimate of drug-likeness (QED) is 0.280. The largest absolute Gasteiger partial charge is 0.497 e. The molecule has 8 heteroatoms. The van der Waals surface area contributed by atoms with Crippen molar-refractivity contribution in [1.29, 1.82) is 0 Å². The molecule has 0 amide bonds. The maximum absolute atomic E-state index is 14.0. The lowest BCUT2D eigenvalue weighted by Crippen LogP contribution is -2.14. The van der Waals surface area contributed by atoms with Gasteiger partial charge in [0.15, 0.2) is 17.4 Å². The second-order valence-electron chi connectivity index (χ2n) is 7.07. The highest BCUT2D eigenvalue weighted by atomic mass is 19.2. The lowest BCUT2D eigenvalue weighted by Gasteiger charge is -2.16. The summed E-state index contributed by atoms with van der Waals surface area (Å²) < 4.78 is 65.7. The van der Waals surface area contributed by atoms with Crippen LogP contribution in [0.25, 0.3) is 0 Å². The standard InChI is InChI=1S/C16H15F4NO2.C8H10O/c1-8-3-5-10(6-4-8)7-22-16-14(19)12(17)11(9(2)23-21)13(18)15(16)20;1-7-4-3-5-8(6-7)9-2/h3-6,9H,7,21H2,1-2H3;3-6H,1-2H3. The Morgan fingerprint density at radius 1 is 0.844 bits per heavy atom. The molecule has 0 aromatic heterocycles. The zero-order valence-corrected chi connectivity index (χ0v) is 18.2. The molecule has 172 valence electrons. The number of aryl methyl sites for hydroxylation is 2. The van der Waals surface area contributed by atoms with Gasteiger partial charge in [-0.1, -0.05) is 42.0 Å². The van der Waals surface area contributed by atoms with E-state index in [0.29, 0.717) is 5.56 Å². The Kier molecular flexibility index (Phi) is 9.04. The first-order chi connectivity index (χ1) is 15.2. The molecule has 3 aromatic rings. The normalized spacial score (nSPS) is 11.4. The van der Waals surface area contributed by atoms with E-state index in [1.165, 1.54) is 5.56 Å². The molecule has 2 N–H and O–H groups in total. The average molecular weight is 451 g/mol. The zero-order chi connectivity index (χ0) is 23.8. The molecular formula is C24H25F4NO3. The first-order valence-electron chi connectivity index (χ1n) is 9.69. The van der Waals surface area contributed by atoms with Gasteiger partial charge in [-0.15, -0.1) is 0 Å². The first-order valence-corrected chi connectivity index (χ1v) is 9.69. The summed E-state index contributed by atoms with van der Waals surface area (Å²) in [5.41, 5.74) is 1.89. The molecule has 0 fully saturated rings. The van der Waals surface area contributed by atoms with E-state index >= 15 is 0 Å². The zero-order valence-electron chi connectivity index (χ0n) is 18.2. The number of ether oxygens (including phenoxy) is 2. The van der Waals surface area contributed by atoms with Gasteiger partial charge in [0.25, 0.3) is 0 Å². The van der Waals surface area contributed by atoms with Gasteiger partial charge in [0.2, 0.25) is 11.6 Å². The molecule has 4 nitrogen and oxygen atoms in total. The summed E-state index contributed by atoms with van der Waals surface area (Å²) in [4.78, 5) is 4.23. The molecule has 3 aromatic carbocycles. The molecule has 0 radical (unpaired) electrons. The maximum atomic E-state index is 14.0. The molecular weight excluding hydrogens is 426 g/mol. The van der Waals surface area contributed by atoms with Crippen LogP contribution in [0.5, 0.6) is 11.5 Å². The van der Waals surface area contributed by atoms with E-state index in [1.807, 2.05) is 38.1 Å². The van der Waals surface area contributed by atoms with Gasteiger partial charge >= 0.3 is 0 Å². The number of nitrogens with two attached hydrogens (primary N) is 1. The molecule has 1 atom stereocenters. The minimum atomic E-state index is -1.63. The van der Waals surface area contributed by atoms with E-state index in [1.54, 1.807) is 31.4 Å². The van der Waals surface area contributed by atoms with Gasteiger partial charge in [-0.25, -0.2) is 14.7 Å². The van der Waals surface area contributed by atoms with Crippen molar-refractivity contribution >= 4 is 0 Å². The number of hydrogen-bond acceptors (Lipinski definition) is 4. The van der Waals surface area contributed by atoms with Crippen LogP contribution in [0.2, 0.25) is 0 Å². The molecule has 0 aliphatic heterocycles. The number of hydrogen-bond donors (Lipinski definition) is 1. The average Bonchev–Trinajstić information content (AvgIpc) is 2.79. The Labute approximate surface area is 184 Å². The third kappa shape index (κ3) is 6.21. The smallest absolute Gasteiger partial charge is 0.204 e. The molecule has 0 heterocycles. The van der Waals surface area contributed by atoms with Crippen LogP contribution in [-0.4, -0.2) is 7.11 Å². The summed E-state index contributed by atoms with van der Waals surface area (Å²) in [6.45, 7) is 4.83. The lowest BCUT2D eigenvalue weighted by atomic mass is 10.1. The summed E-state index contributed by atoms with van der Waals surface area (Å²) in [5.74, 6) is -1.83. The first kappa shape index (κ1) is 25.2. The third-order valence-corrected chi connectivity index (χ3v) is 4.60. The fourth-order valence-corrected chi connectivity index (χ4v) is 2.76. The van der Waals surface area contributed by atoms with E-state index in [-0.39, 0.29) is 6.61 Å². The van der Waals surface area contributed by atoms with E-state index in [0.717, 1.165) is 18.2 Å². The van der Waals surface area contributed by atoms with Crippen LogP contribution in [0.15, 0.2) is 48.5 Å². The topological polar surface area (TPSA) is 53.7 Å². The van der Waals surface area contributed by atoms with Crippen LogP contribution in [0.4, 0.5) is 17.6 Å². The summed E-state index contributed by atoms with van der Waals surface area (Å²) in [6, 6.07) is 14.9. The monoisotopic (exact) mass is 451 g/mol. The van der Waals surface area contributed by atoms with E-state index < -0.39 is 40.7 Å². The van der Waals surface area contributed by atoms with Crippen molar-refractivity contribution in [3.05, 3.63) is 94.1 Å². The van der Waals surface area contributed by atoms with Gasteiger partial charge in [-0.05, 0) is 44.0 Å². The van der Waals surface area contributed by atoms with Crippen LogP contribution in [-0.2, 0) is 11.4 Å². The van der Waals surface area contributed by atoms with Crippen molar-refractivity contribution in [2.24, 2.45) is 5.90 Å². The fraction of sp³-hybridized carbons (Fsp3) is 0.250. The van der Waals surface area contributed by atoms with Crippen LogP contribution >= 0.6 is 0 Å². The Hall–Kier alpha value is -3.10. The van der Waals surface area contributed by atoms with E-state index in [9.17, 15) is 17.6 Å². The third-order valence-electron chi connectivity index (χ3n) is 4.60. The second-order valence-corrected chi connectivity index (χ2v) is 7.07. The Balaban J connectivity index is 0.000000336. The number of halogens is 4. The summed E-state index contributed by atoms with van der Waals surface area (Å²) in [6.07, 6.45) is -1.36. The SMILES string of the molecule is COc1cccc(C)c1.Cc1ccc(COc2c(F)c(F)c(C(C)ON)c(F)c2F)cc1. The van der Waals surface area contributed by atoms with Crippen LogP contribution in [0, 0.1) is 37.1 Å². The highest BCUT2D eigenvalue weighted by molar-refractivity contribution is 5.36. The number of methoxy groups -OCH3 is 1. The van der Waals surface area contributed by atoms with Crippen molar-refractivity contribution in [3.63, 3.8) is 0 Å². The molecule has 3 rings (SSSR count). The Morgan fingerprint density at radius 2 is 1.44 bits per heavy atom. The molecule has 32 heavy (non-hydrogen) atoms. The Morgan fingerprint density at radius 3 is 1.91 bits per heavy atom. The van der Waals surface area contributed by atoms with Crippen molar-refractivity contribution in [1.82, 2.24) is 0 Å². The van der Waals surface area contributed by atoms with Crippen molar-refractivity contribution in [2.75, 3.05) is 7.11 Å². The molecule has 0 aliphatic rings. The highest BCUT2D eigenvalue weighted by Gasteiger charge is 2.29. The van der Waals surface area contributed by atoms with Gasteiger partial charge < -0.3 is 9.47 Å². The van der Waals surface area contributed by atoms with Crippen LogP contribution < -0.4 is 15.4 Å². The summed E-state index contributed by atoms with van der Waals surface area (Å²) in [7, 11) is 1.68. The van der Waals surface area contributed by atoms with Gasteiger partial charge in [0.1, 0.15) is 18.5 Å². The minimum absolute atomic E-state index is 0.241. The molecule has 0 saturated heterocycles. The van der Waals surface area contributed by atoms with E-state index in [4.69, 9.17) is 15.4 Å². The van der Waals surface area contributed by atoms with Crippen LogP contribution in [0.1, 0.15) is 35.3 Å². The fourth-order valence-electron chi connectivity index (χ4n) is 2.76. The van der Waals surface area contributed by atoms with Gasteiger partial charge in [-0.3, -0.25) is 4.84 Å².